The number of Topliss-reactive ketones (excluding diaryl/α,β-unsaturated/α-hetero) is 1. The third kappa shape index (κ3) is 1.94. The largest absolute Gasteiger partial charge is 0.299 e. The summed E-state index contributed by atoms with van der Waals surface area (Å²) in [6.45, 7) is 8.80. The van der Waals surface area contributed by atoms with E-state index in [4.69, 9.17) is 0 Å². The second-order valence-electron chi connectivity index (χ2n) is 7.11. The number of ketones is 1. The van der Waals surface area contributed by atoms with Gasteiger partial charge in [0, 0.05) is 5.41 Å². The van der Waals surface area contributed by atoms with E-state index in [0.717, 1.165) is 24.7 Å². The van der Waals surface area contributed by atoms with Crippen molar-refractivity contribution < 1.29 is 4.79 Å². The van der Waals surface area contributed by atoms with Crippen molar-refractivity contribution in [2.75, 3.05) is 0 Å². The Hall–Kier alpha value is -0.330. The molecule has 0 amide bonds. The molecule has 92 valence electrons. The predicted molar refractivity (Wildman–Crippen MR) is 67.3 cm³/mol. The Morgan fingerprint density at radius 1 is 1.12 bits per heavy atom. The van der Waals surface area contributed by atoms with Crippen molar-refractivity contribution >= 4 is 5.78 Å². The molecule has 0 N–H and O–H groups in total. The lowest BCUT2D eigenvalue weighted by Gasteiger charge is -2.51. The zero-order valence-corrected chi connectivity index (χ0v) is 11.3. The molecule has 0 heterocycles. The SMILES string of the molecule is CC(=O)[C@]1(C)CC[C@H]2CCCC(C)(C)[C@@H]2C1. The molecule has 0 aromatic rings. The number of carbonyl (C=O) groups is 1. The molecule has 0 spiro atoms. The molecule has 0 aromatic heterocycles. The predicted octanol–water partition coefficient (Wildman–Crippen LogP) is 4.21. The molecule has 2 saturated carbocycles. The second-order valence-corrected chi connectivity index (χ2v) is 7.11. The van der Waals surface area contributed by atoms with Crippen LogP contribution in [0.3, 0.4) is 0 Å². The highest BCUT2D eigenvalue weighted by molar-refractivity contribution is 5.82. The van der Waals surface area contributed by atoms with Gasteiger partial charge in [0.2, 0.25) is 0 Å². The van der Waals surface area contributed by atoms with Gasteiger partial charge in [-0.05, 0) is 49.9 Å². The van der Waals surface area contributed by atoms with E-state index in [1.807, 2.05) is 0 Å². The van der Waals surface area contributed by atoms with Gasteiger partial charge in [0.25, 0.3) is 0 Å². The van der Waals surface area contributed by atoms with Crippen LogP contribution in [0, 0.1) is 22.7 Å². The second kappa shape index (κ2) is 3.85. The number of hydrogen-bond donors (Lipinski definition) is 0. The van der Waals surface area contributed by atoms with Gasteiger partial charge in [-0.15, -0.1) is 0 Å². The molecule has 2 fully saturated rings. The molecule has 2 aliphatic rings. The topological polar surface area (TPSA) is 17.1 Å². The molecule has 0 aliphatic heterocycles. The fraction of sp³-hybridized carbons (Fsp3) is 0.933. The van der Waals surface area contributed by atoms with Gasteiger partial charge in [0.15, 0.2) is 0 Å². The van der Waals surface area contributed by atoms with Crippen molar-refractivity contribution in [1.82, 2.24) is 0 Å². The highest BCUT2D eigenvalue weighted by Gasteiger charge is 2.47. The van der Waals surface area contributed by atoms with Crippen LogP contribution < -0.4 is 0 Å². The van der Waals surface area contributed by atoms with Crippen molar-refractivity contribution in [2.24, 2.45) is 22.7 Å². The van der Waals surface area contributed by atoms with Crippen LogP contribution in [-0.2, 0) is 4.79 Å². The minimum absolute atomic E-state index is 0.0181. The lowest BCUT2D eigenvalue weighted by molar-refractivity contribution is -0.131. The van der Waals surface area contributed by atoms with Gasteiger partial charge in [-0.2, -0.15) is 0 Å². The molecule has 1 nitrogen and oxygen atoms in total. The molecule has 0 bridgehead atoms. The molecule has 0 unspecified atom stereocenters. The van der Waals surface area contributed by atoms with Crippen molar-refractivity contribution in [3.63, 3.8) is 0 Å². The average molecular weight is 222 g/mol. The van der Waals surface area contributed by atoms with Crippen LogP contribution >= 0.6 is 0 Å². The van der Waals surface area contributed by atoms with E-state index >= 15 is 0 Å². The van der Waals surface area contributed by atoms with Gasteiger partial charge in [-0.3, -0.25) is 4.79 Å². The molecular weight excluding hydrogens is 196 g/mol. The van der Waals surface area contributed by atoms with Gasteiger partial charge in [0.05, 0.1) is 0 Å². The van der Waals surface area contributed by atoms with Crippen LogP contribution in [0.15, 0.2) is 0 Å². The number of fused-ring (bicyclic) bond motifs is 1. The fourth-order valence-corrected chi connectivity index (χ4v) is 4.04. The Balaban J connectivity index is 2.19. The summed E-state index contributed by atoms with van der Waals surface area (Å²) < 4.78 is 0. The molecular formula is C15H26O. The third-order valence-electron chi connectivity index (χ3n) is 5.56. The number of carbonyl (C=O) groups excluding carboxylic acids is 1. The van der Waals surface area contributed by atoms with E-state index in [2.05, 4.69) is 20.8 Å². The Morgan fingerprint density at radius 3 is 2.44 bits per heavy atom. The van der Waals surface area contributed by atoms with E-state index in [0.29, 0.717) is 11.2 Å². The van der Waals surface area contributed by atoms with E-state index < -0.39 is 0 Å². The Morgan fingerprint density at radius 2 is 1.81 bits per heavy atom. The highest BCUT2D eigenvalue weighted by Crippen LogP contribution is 2.55. The summed E-state index contributed by atoms with van der Waals surface area (Å²) in [6, 6.07) is 0. The standard InChI is InChI=1S/C15H26O/c1-11(16)15(4)9-7-12-6-5-8-14(2,3)13(12)10-15/h12-13H,5-10H2,1-4H3/t12-,13-,15-/m1/s1. The maximum Gasteiger partial charge on any atom is 0.135 e. The fourth-order valence-electron chi connectivity index (χ4n) is 4.04. The molecule has 3 atom stereocenters. The first kappa shape index (κ1) is 12.1. The summed E-state index contributed by atoms with van der Waals surface area (Å²) in [6.07, 6.45) is 7.69. The summed E-state index contributed by atoms with van der Waals surface area (Å²) in [5, 5.41) is 0. The van der Waals surface area contributed by atoms with Crippen molar-refractivity contribution in [2.45, 2.75) is 66.2 Å². The molecule has 2 aliphatic carbocycles. The average Bonchev–Trinajstić information content (AvgIpc) is 2.19. The van der Waals surface area contributed by atoms with Gasteiger partial charge in [-0.25, -0.2) is 0 Å². The van der Waals surface area contributed by atoms with Crippen LogP contribution in [0.4, 0.5) is 0 Å². The first-order valence-electron chi connectivity index (χ1n) is 6.86. The summed E-state index contributed by atoms with van der Waals surface area (Å²) in [5.74, 6) is 2.09. The van der Waals surface area contributed by atoms with E-state index in [1.54, 1.807) is 6.92 Å². The first-order chi connectivity index (χ1) is 7.35. The first-order valence-corrected chi connectivity index (χ1v) is 6.86. The van der Waals surface area contributed by atoms with E-state index in [1.165, 1.54) is 25.7 Å². The summed E-state index contributed by atoms with van der Waals surface area (Å²) in [7, 11) is 0. The molecule has 2 rings (SSSR count). The van der Waals surface area contributed by atoms with E-state index in [9.17, 15) is 4.79 Å². The zero-order chi connectivity index (χ0) is 12.0. The molecule has 0 radical (unpaired) electrons. The third-order valence-corrected chi connectivity index (χ3v) is 5.56. The van der Waals surface area contributed by atoms with Crippen molar-refractivity contribution in [3.8, 4) is 0 Å². The lowest BCUT2D eigenvalue weighted by Crippen LogP contribution is -2.44. The summed E-state index contributed by atoms with van der Waals surface area (Å²) >= 11 is 0. The van der Waals surface area contributed by atoms with Crippen LogP contribution in [0.5, 0.6) is 0 Å². The molecule has 16 heavy (non-hydrogen) atoms. The quantitative estimate of drug-likeness (QED) is 0.649. The molecule has 0 saturated heterocycles. The monoisotopic (exact) mass is 222 g/mol. The van der Waals surface area contributed by atoms with Gasteiger partial charge < -0.3 is 0 Å². The Bertz CT molecular complexity index is 292. The molecule has 0 aromatic carbocycles. The van der Waals surface area contributed by atoms with Crippen molar-refractivity contribution in [3.05, 3.63) is 0 Å². The van der Waals surface area contributed by atoms with Crippen LogP contribution in [0.25, 0.3) is 0 Å². The minimum atomic E-state index is -0.0181. The normalized spacial score (nSPS) is 42.5. The van der Waals surface area contributed by atoms with Crippen LogP contribution in [0.1, 0.15) is 66.2 Å². The van der Waals surface area contributed by atoms with Gasteiger partial charge in [0.1, 0.15) is 5.78 Å². The van der Waals surface area contributed by atoms with Gasteiger partial charge >= 0.3 is 0 Å². The summed E-state index contributed by atoms with van der Waals surface area (Å²) in [5.41, 5.74) is 0.440. The number of hydrogen-bond acceptors (Lipinski definition) is 1. The number of rotatable bonds is 1. The van der Waals surface area contributed by atoms with Crippen LogP contribution in [-0.4, -0.2) is 5.78 Å². The Labute approximate surface area is 100.0 Å². The van der Waals surface area contributed by atoms with Crippen LogP contribution in [0.2, 0.25) is 0 Å². The summed E-state index contributed by atoms with van der Waals surface area (Å²) in [4.78, 5) is 11.8. The maximum absolute atomic E-state index is 11.8. The smallest absolute Gasteiger partial charge is 0.135 e. The highest BCUT2D eigenvalue weighted by atomic mass is 16.1. The maximum atomic E-state index is 11.8. The van der Waals surface area contributed by atoms with E-state index in [-0.39, 0.29) is 5.41 Å². The lowest BCUT2D eigenvalue weighted by atomic mass is 9.53. The molecule has 1 heteroatoms. The van der Waals surface area contributed by atoms with Crippen molar-refractivity contribution in [1.29, 1.82) is 0 Å². The Kier molecular flexibility index (Phi) is 2.92. The zero-order valence-electron chi connectivity index (χ0n) is 11.3. The minimum Gasteiger partial charge on any atom is -0.299 e. The van der Waals surface area contributed by atoms with Gasteiger partial charge in [-0.1, -0.05) is 33.6 Å².